The summed E-state index contributed by atoms with van der Waals surface area (Å²) in [7, 11) is 0. The van der Waals surface area contributed by atoms with E-state index in [0.717, 1.165) is 59.8 Å². The van der Waals surface area contributed by atoms with Crippen molar-refractivity contribution in [3.05, 3.63) is 76.1 Å². The van der Waals surface area contributed by atoms with Crippen molar-refractivity contribution < 1.29 is 19.4 Å². The molecule has 7 heteroatoms. The van der Waals surface area contributed by atoms with E-state index in [2.05, 4.69) is 18.7 Å². The van der Waals surface area contributed by atoms with E-state index in [-0.39, 0.29) is 5.41 Å². The Balaban J connectivity index is 1.77. The third-order valence-corrected chi connectivity index (χ3v) is 7.68. The van der Waals surface area contributed by atoms with Gasteiger partial charge in [-0.2, -0.15) is 0 Å². The molecule has 3 aromatic rings. The molecule has 0 bridgehead atoms. The zero-order valence-electron chi connectivity index (χ0n) is 24.7. The number of carbonyl (C=O) groups is 1. The highest BCUT2D eigenvalue weighted by atomic mass is 35.5. The van der Waals surface area contributed by atoms with Crippen LogP contribution in [0.1, 0.15) is 76.1 Å². The van der Waals surface area contributed by atoms with Gasteiger partial charge in [-0.1, -0.05) is 49.7 Å². The molecule has 4 rings (SSSR count). The molecular formula is C33H41ClN2O4. The number of aryl methyl sites for hydroxylation is 2. The molecule has 1 fully saturated rings. The van der Waals surface area contributed by atoms with E-state index < -0.39 is 17.7 Å². The van der Waals surface area contributed by atoms with E-state index in [1.54, 1.807) is 0 Å². The Morgan fingerprint density at radius 2 is 1.62 bits per heavy atom. The maximum Gasteiger partial charge on any atom is 0.337 e. The summed E-state index contributed by atoms with van der Waals surface area (Å²) in [6.45, 7) is 16.2. The summed E-state index contributed by atoms with van der Waals surface area (Å²) in [5.74, 6) is -0.267. The van der Waals surface area contributed by atoms with Crippen LogP contribution in [0.25, 0.3) is 11.1 Å². The molecule has 40 heavy (non-hydrogen) atoms. The topological polar surface area (TPSA) is 71.9 Å². The number of hydrogen-bond donors (Lipinski definition) is 1. The normalized spacial score (nSPS) is 16.1. The first-order chi connectivity index (χ1) is 18.7. The van der Waals surface area contributed by atoms with Crippen LogP contribution in [0.4, 0.5) is 5.69 Å². The van der Waals surface area contributed by atoms with Crippen molar-refractivity contribution in [1.82, 2.24) is 4.98 Å². The number of aliphatic carboxylic acids is 1. The molecule has 0 unspecified atom stereocenters. The second kappa shape index (κ2) is 11.8. The Bertz CT molecular complexity index is 1330. The Kier molecular flexibility index (Phi) is 8.81. The Morgan fingerprint density at radius 1 is 1.02 bits per heavy atom. The molecule has 214 valence electrons. The minimum atomic E-state index is -1.14. The smallest absolute Gasteiger partial charge is 0.337 e. The lowest BCUT2D eigenvalue weighted by molar-refractivity contribution is -0.160. The molecule has 0 saturated carbocycles. The average Bonchev–Trinajstić information content (AvgIpc) is 2.87. The molecule has 1 aliphatic rings. The number of hydrogen-bond acceptors (Lipinski definition) is 5. The Morgan fingerprint density at radius 3 is 2.17 bits per heavy atom. The van der Waals surface area contributed by atoms with Crippen LogP contribution in [-0.2, 0) is 16.1 Å². The van der Waals surface area contributed by atoms with Crippen molar-refractivity contribution in [2.24, 2.45) is 5.41 Å². The average molecular weight is 565 g/mol. The first-order valence-corrected chi connectivity index (χ1v) is 14.3. The van der Waals surface area contributed by atoms with Crippen molar-refractivity contribution in [1.29, 1.82) is 0 Å². The fourth-order valence-electron chi connectivity index (χ4n) is 5.22. The summed E-state index contributed by atoms with van der Waals surface area (Å²) in [4.78, 5) is 19.9. The van der Waals surface area contributed by atoms with Crippen LogP contribution in [0.5, 0.6) is 5.75 Å². The van der Waals surface area contributed by atoms with Crippen molar-refractivity contribution in [2.45, 2.75) is 79.6 Å². The molecule has 2 aromatic carbocycles. The molecule has 1 atom stereocenters. The highest BCUT2D eigenvalue weighted by Gasteiger charge is 2.36. The van der Waals surface area contributed by atoms with Crippen LogP contribution in [-0.4, -0.2) is 34.8 Å². The number of rotatable bonds is 8. The van der Waals surface area contributed by atoms with Crippen LogP contribution in [0.2, 0.25) is 5.02 Å². The Hall–Kier alpha value is -3.09. The zero-order chi connectivity index (χ0) is 29.2. The minimum Gasteiger partial charge on any atom is -0.489 e. The quantitative estimate of drug-likeness (QED) is 0.297. The van der Waals surface area contributed by atoms with Gasteiger partial charge in [-0.15, -0.1) is 0 Å². The fraction of sp³-hybridized carbons (Fsp3) is 0.455. The maximum atomic E-state index is 12.7. The van der Waals surface area contributed by atoms with Crippen molar-refractivity contribution in [3.63, 3.8) is 0 Å². The molecule has 0 radical (unpaired) electrons. The van der Waals surface area contributed by atoms with Crippen LogP contribution >= 0.6 is 11.6 Å². The molecule has 1 N–H and O–H groups in total. The van der Waals surface area contributed by atoms with E-state index >= 15 is 0 Å². The van der Waals surface area contributed by atoms with E-state index in [4.69, 9.17) is 26.1 Å². The lowest BCUT2D eigenvalue weighted by Crippen LogP contribution is -2.39. The van der Waals surface area contributed by atoms with Gasteiger partial charge in [-0.05, 0) is 88.3 Å². The summed E-state index contributed by atoms with van der Waals surface area (Å²) < 4.78 is 12.2. The second-order valence-corrected chi connectivity index (χ2v) is 12.9. The van der Waals surface area contributed by atoms with Crippen molar-refractivity contribution in [2.75, 3.05) is 18.0 Å². The number of carboxylic acids is 1. The van der Waals surface area contributed by atoms with Gasteiger partial charge in [-0.25, -0.2) is 4.79 Å². The molecule has 1 aromatic heterocycles. The Labute approximate surface area is 243 Å². The molecule has 2 heterocycles. The van der Waals surface area contributed by atoms with Crippen LogP contribution in [0, 0.1) is 19.3 Å². The summed E-state index contributed by atoms with van der Waals surface area (Å²) in [5, 5.41) is 11.1. The molecular weight excluding hydrogens is 524 g/mol. The van der Waals surface area contributed by atoms with Gasteiger partial charge in [0.15, 0.2) is 6.10 Å². The lowest BCUT2D eigenvalue weighted by atomic mass is 9.82. The van der Waals surface area contributed by atoms with Gasteiger partial charge in [0, 0.05) is 40.6 Å². The van der Waals surface area contributed by atoms with Gasteiger partial charge in [-0.3, -0.25) is 4.98 Å². The maximum absolute atomic E-state index is 12.7. The number of pyridine rings is 1. The number of benzene rings is 2. The third kappa shape index (κ3) is 7.15. The number of anilines is 1. The zero-order valence-corrected chi connectivity index (χ0v) is 25.4. The van der Waals surface area contributed by atoms with Gasteiger partial charge >= 0.3 is 5.97 Å². The molecule has 0 amide bonds. The molecule has 6 nitrogen and oxygen atoms in total. The molecule has 0 spiro atoms. The van der Waals surface area contributed by atoms with Crippen LogP contribution in [0.15, 0.2) is 48.5 Å². The van der Waals surface area contributed by atoms with Gasteiger partial charge < -0.3 is 19.5 Å². The fourth-order valence-corrected chi connectivity index (χ4v) is 5.35. The van der Waals surface area contributed by atoms with Crippen molar-refractivity contribution >= 4 is 23.3 Å². The lowest BCUT2D eigenvalue weighted by Gasteiger charge is -2.41. The predicted octanol–water partition coefficient (Wildman–Crippen LogP) is 8.17. The SMILES string of the molecule is Cc1nc(C)c([C@H](OC(C)(C)C)C(=O)O)c(N2CCC(C)(C)CC2)c1-c1ccc(OCc2ccc(Cl)cc2)cc1. The molecule has 1 saturated heterocycles. The highest BCUT2D eigenvalue weighted by molar-refractivity contribution is 6.30. The van der Waals surface area contributed by atoms with E-state index in [9.17, 15) is 9.90 Å². The monoisotopic (exact) mass is 564 g/mol. The van der Waals surface area contributed by atoms with Crippen LogP contribution < -0.4 is 9.64 Å². The number of halogens is 1. The summed E-state index contributed by atoms with van der Waals surface area (Å²) in [6.07, 6.45) is 0.891. The minimum absolute atomic E-state index is 0.241. The number of carboxylic acid groups (broad SMARTS) is 1. The van der Waals surface area contributed by atoms with E-state index in [1.165, 1.54) is 0 Å². The van der Waals surface area contributed by atoms with Crippen molar-refractivity contribution in [3.8, 4) is 16.9 Å². The summed E-state index contributed by atoms with van der Waals surface area (Å²) in [6, 6.07) is 15.6. The molecule has 1 aliphatic heterocycles. The van der Waals surface area contributed by atoms with Gasteiger partial charge in [0.25, 0.3) is 0 Å². The highest BCUT2D eigenvalue weighted by Crippen LogP contribution is 2.45. The van der Waals surface area contributed by atoms with E-state index in [1.807, 2.05) is 83.1 Å². The number of piperidine rings is 1. The second-order valence-electron chi connectivity index (χ2n) is 12.5. The van der Waals surface area contributed by atoms with Gasteiger partial charge in [0.05, 0.1) is 11.3 Å². The van der Waals surface area contributed by atoms with Gasteiger partial charge in [0.2, 0.25) is 0 Å². The molecule has 0 aliphatic carbocycles. The number of aromatic nitrogens is 1. The first-order valence-electron chi connectivity index (χ1n) is 13.9. The predicted molar refractivity (Wildman–Crippen MR) is 161 cm³/mol. The standard InChI is InChI=1S/C33H41ClN2O4/c1-21-27(24-10-14-26(15-11-24)39-20-23-8-12-25(34)13-9-23)29(36-18-16-33(6,7)17-19-36)28(22(2)35-21)30(31(37)38)40-32(3,4)5/h8-15,30H,16-20H2,1-7H3,(H,37,38)/t30-/m0/s1. The van der Waals surface area contributed by atoms with Gasteiger partial charge in [0.1, 0.15) is 12.4 Å². The summed E-state index contributed by atoms with van der Waals surface area (Å²) >= 11 is 6.00. The van der Waals surface area contributed by atoms with E-state index in [0.29, 0.717) is 22.9 Å². The largest absolute Gasteiger partial charge is 0.489 e. The third-order valence-electron chi connectivity index (χ3n) is 7.43. The number of nitrogens with zero attached hydrogens (tertiary/aromatic N) is 2. The number of ether oxygens (including phenoxy) is 2. The summed E-state index contributed by atoms with van der Waals surface area (Å²) in [5.41, 5.74) is 5.61. The van der Waals surface area contributed by atoms with Crippen LogP contribution in [0.3, 0.4) is 0 Å². The first kappa shape index (κ1) is 29.9.